The number of hydrogen-bond acceptors (Lipinski definition) is 4. The second kappa shape index (κ2) is 4.25. The lowest BCUT2D eigenvalue weighted by molar-refractivity contribution is 0.639. The van der Waals surface area contributed by atoms with E-state index in [1.165, 1.54) is 0 Å². The molecule has 0 bridgehead atoms. The molecule has 0 fully saturated rings. The summed E-state index contributed by atoms with van der Waals surface area (Å²) < 4.78 is 2.12. The standard InChI is InChI=1S/C11H16N4S/c1-7-5-15(11(12-4)14-7)9(3)10-13-8(2)6-16-10/h5-6,9H,1-4H3,(H,12,14). The summed E-state index contributed by atoms with van der Waals surface area (Å²) in [7, 11) is 1.89. The Labute approximate surface area is 99.4 Å². The Balaban J connectivity index is 2.36. The van der Waals surface area contributed by atoms with Crippen LogP contribution in [0.25, 0.3) is 0 Å². The number of rotatable bonds is 3. The maximum Gasteiger partial charge on any atom is 0.203 e. The zero-order valence-electron chi connectivity index (χ0n) is 9.98. The lowest BCUT2D eigenvalue weighted by atomic mass is 10.3. The predicted molar refractivity (Wildman–Crippen MR) is 67.2 cm³/mol. The maximum atomic E-state index is 4.51. The van der Waals surface area contributed by atoms with Crippen molar-refractivity contribution in [3.8, 4) is 0 Å². The van der Waals surface area contributed by atoms with Gasteiger partial charge in [0.1, 0.15) is 5.01 Å². The van der Waals surface area contributed by atoms with Crippen LogP contribution in [-0.2, 0) is 0 Å². The van der Waals surface area contributed by atoms with E-state index >= 15 is 0 Å². The van der Waals surface area contributed by atoms with Gasteiger partial charge in [-0.25, -0.2) is 9.97 Å². The summed E-state index contributed by atoms with van der Waals surface area (Å²) in [5.41, 5.74) is 2.10. The summed E-state index contributed by atoms with van der Waals surface area (Å²) in [5, 5.41) is 6.30. The van der Waals surface area contributed by atoms with Crippen molar-refractivity contribution < 1.29 is 0 Å². The Morgan fingerprint density at radius 1 is 1.31 bits per heavy atom. The van der Waals surface area contributed by atoms with E-state index in [1.54, 1.807) is 11.3 Å². The largest absolute Gasteiger partial charge is 0.359 e. The van der Waals surface area contributed by atoms with Crippen molar-refractivity contribution in [1.29, 1.82) is 0 Å². The molecule has 0 amide bonds. The number of hydrogen-bond donors (Lipinski definition) is 1. The van der Waals surface area contributed by atoms with Gasteiger partial charge in [-0.15, -0.1) is 11.3 Å². The fourth-order valence-electron chi connectivity index (χ4n) is 1.68. The number of anilines is 1. The summed E-state index contributed by atoms with van der Waals surface area (Å²) in [6.45, 7) is 6.16. The number of nitrogens with zero attached hydrogens (tertiary/aromatic N) is 3. The van der Waals surface area contributed by atoms with E-state index in [4.69, 9.17) is 0 Å². The Bertz CT molecular complexity index is 486. The molecule has 0 aromatic carbocycles. The smallest absolute Gasteiger partial charge is 0.203 e. The Morgan fingerprint density at radius 2 is 2.06 bits per heavy atom. The van der Waals surface area contributed by atoms with Gasteiger partial charge < -0.3 is 9.88 Å². The van der Waals surface area contributed by atoms with E-state index in [-0.39, 0.29) is 6.04 Å². The number of aryl methyl sites for hydroxylation is 2. The molecular weight excluding hydrogens is 220 g/mol. The highest BCUT2D eigenvalue weighted by Gasteiger charge is 2.15. The molecule has 1 N–H and O–H groups in total. The summed E-state index contributed by atoms with van der Waals surface area (Å²) in [4.78, 5) is 8.92. The van der Waals surface area contributed by atoms with E-state index in [9.17, 15) is 0 Å². The molecule has 2 heterocycles. The molecule has 0 aliphatic heterocycles. The molecule has 4 nitrogen and oxygen atoms in total. The van der Waals surface area contributed by atoms with Gasteiger partial charge in [0.25, 0.3) is 0 Å². The molecule has 0 spiro atoms. The van der Waals surface area contributed by atoms with Crippen LogP contribution in [0.3, 0.4) is 0 Å². The van der Waals surface area contributed by atoms with Crippen molar-refractivity contribution in [2.24, 2.45) is 0 Å². The minimum atomic E-state index is 0.224. The second-order valence-corrected chi connectivity index (χ2v) is 4.76. The van der Waals surface area contributed by atoms with Crippen LogP contribution in [0.5, 0.6) is 0 Å². The van der Waals surface area contributed by atoms with Gasteiger partial charge in [-0.2, -0.15) is 0 Å². The van der Waals surface area contributed by atoms with Gasteiger partial charge in [0.15, 0.2) is 0 Å². The van der Waals surface area contributed by atoms with Crippen LogP contribution in [0.15, 0.2) is 11.6 Å². The first-order valence-corrected chi connectivity index (χ1v) is 6.15. The van der Waals surface area contributed by atoms with E-state index in [2.05, 4.69) is 32.2 Å². The molecule has 1 unspecified atom stereocenters. The van der Waals surface area contributed by atoms with Gasteiger partial charge in [0.2, 0.25) is 5.95 Å². The van der Waals surface area contributed by atoms with Crippen molar-refractivity contribution in [3.63, 3.8) is 0 Å². The molecule has 2 aromatic rings. The van der Waals surface area contributed by atoms with Gasteiger partial charge in [-0.3, -0.25) is 0 Å². The topological polar surface area (TPSA) is 42.7 Å². The van der Waals surface area contributed by atoms with Gasteiger partial charge in [-0.05, 0) is 20.8 Å². The molecule has 1 atom stereocenters. The quantitative estimate of drug-likeness (QED) is 0.890. The SMILES string of the molecule is CNc1nc(C)cn1C(C)c1nc(C)cs1. The number of aromatic nitrogens is 3. The van der Waals surface area contributed by atoms with E-state index < -0.39 is 0 Å². The van der Waals surface area contributed by atoms with E-state index in [0.717, 1.165) is 22.3 Å². The molecule has 0 saturated carbocycles. The zero-order chi connectivity index (χ0) is 11.7. The Kier molecular flexibility index (Phi) is 2.96. The highest BCUT2D eigenvalue weighted by atomic mass is 32.1. The van der Waals surface area contributed by atoms with Crippen LogP contribution in [0.4, 0.5) is 5.95 Å². The van der Waals surface area contributed by atoms with Crippen LogP contribution in [0, 0.1) is 13.8 Å². The van der Waals surface area contributed by atoms with Gasteiger partial charge in [-0.1, -0.05) is 0 Å². The molecule has 0 saturated heterocycles. The van der Waals surface area contributed by atoms with Crippen molar-refractivity contribution in [1.82, 2.24) is 14.5 Å². The fraction of sp³-hybridized carbons (Fsp3) is 0.455. The van der Waals surface area contributed by atoms with E-state index in [1.807, 2.05) is 27.1 Å². The molecule has 86 valence electrons. The minimum absolute atomic E-state index is 0.224. The Hall–Kier alpha value is -1.36. The summed E-state index contributed by atoms with van der Waals surface area (Å²) in [6, 6.07) is 0.224. The molecular formula is C11H16N4S. The highest BCUT2D eigenvalue weighted by Crippen LogP contribution is 2.25. The monoisotopic (exact) mass is 236 g/mol. The predicted octanol–water partition coefficient (Wildman–Crippen LogP) is 2.61. The summed E-state index contributed by atoms with van der Waals surface area (Å²) in [5.74, 6) is 0.887. The second-order valence-electron chi connectivity index (χ2n) is 3.87. The lowest BCUT2D eigenvalue weighted by Gasteiger charge is -2.13. The van der Waals surface area contributed by atoms with Crippen LogP contribution < -0.4 is 5.32 Å². The molecule has 0 radical (unpaired) electrons. The summed E-state index contributed by atoms with van der Waals surface area (Å²) >= 11 is 1.69. The van der Waals surface area contributed by atoms with Crippen LogP contribution in [-0.4, -0.2) is 21.6 Å². The minimum Gasteiger partial charge on any atom is -0.359 e. The zero-order valence-corrected chi connectivity index (χ0v) is 10.8. The average Bonchev–Trinajstić information content (AvgIpc) is 2.83. The van der Waals surface area contributed by atoms with Gasteiger partial charge >= 0.3 is 0 Å². The number of nitrogens with one attached hydrogen (secondary N) is 1. The first kappa shape index (κ1) is 11.1. The molecule has 2 aromatic heterocycles. The van der Waals surface area contributed by atoms with E-state index in [0.29, 0.717) is 0 Å². The fourth-order valence-corrected chi connectivity index (χ4v) is 2.53. The third-order valence-electron chi connectivity index (χ3n) is 2.49. The van der Waals surface area contributed by atoms with Crippen molar-refractivity contribution >= 4 is 17.3 Å². The first-order valence-electron chi connectivity index (χ1n) is 5.27. The maximum absolute atomic E-state index is 4.51. The molecule has 0 aliphatic rings. The number of thiazole rings is 1. The first-order chi connectivity index (χ1) is 7.61. The van der Waals surface area contributed by atoms with Gasteiger partial charge in [0.05, 0.1) is 11.7 Å². The highest BCUT2D eigenvalue weighted by molar-refractivity contribution is 7.09. The van der Waals surface area contributed by atoms with Crippen molar-refractivity contribution in [3.05, 3.63) is 28.0 Å². The van der Waals surface area contributed by atoms with Crippen LogP contribution >= 0.6 is 11.3 Å². The average molecular weight is 236 g/mol. The normalized spacial score (nSPS) is 12.8. The number of imidazole rings is 1. The van der Waals surface area contributed by atoms with Gasteiger partial charge in [0, 0.05) is 24.3 Å². The summed E-state index contributed by atoms with van der Waals surface area (Å²) in [6.07, 6.45) is 2.05. The Morgan fingerprint density at radius 3 is 2.62 bits per heavy atom. The molecule has 5 heteroatoms. The van der Waals surface area contributed by atoms with Crippen LogP contribution in [0.1, 0.15) is 29.4 Å². The lowest BCUT2D eigenvalue weighted by Crippen LogP contribution is -2.09. The van der Waals surface area contributed by atoms with Crippen molar-refractivity contribution in [2.45, 2.75) is 26.8 Å². The van der Waals surface area contributed by atoms with Crippen LogP contribution in [0.2, 0.25) is 0 Å². The molecule has 0 aliphatic carbocycles. The third kappa shape index (κ3) is 1.95. The third-order valence-corrected chi connectivity index (χ3v) is 3.62. The molecule has 16 heavy (non-hydrogen) atoms. The molecule has 2 rings (SSSR count). The van der Waals surface area contributed by atoms with Crippen molar-refractivity contribution in [2.75, 3.05) is 12.4 Å².